The van der Waals surface area contributed by atoms with Gasteiger partial charge < -0.3 is 5.32 Å². The Morgan fingerprint density at radius 1 is 1.07 bits per heavy atom. The first-order chi connectivity index (χ1) is 13.5. The minimum absolute atomic E-state index is 0.111. The molecule has 0 bridgehead atoms. The molecule has 3 aromatic rings. The number of rotatable bonds is 5. The molecule has 0 aliphatic carbocycles. The van der Waals surface area contributed by atoms with Crippen molar-refractivity contribution in [2.24, 2.45) is 0 Å². The third-order valence-electron chi connectivity index (χ3n) is 3.40. The van der Waals surface area contributed by atoms with Crippen molar-refractivity contribution in [1.82, 2.24) is 31.1 Å². The van der Waals surface area contributed by atoms with Crippen LogP contribution in [0.5, 0.6) is 0 Å². The lowest BCUT2D eigenvalue weighted by Crippen LogP contribution is -2.45. The molecule has 0 saturated heterocycles. The zero-order valence-corrected chi connectivity index (χ0v) is 14.3. The Bertz CT molecular complexity index is 1000. The molecule has 28 heavy (non-hydrogen) atoms. The summed E-state index contributed by atoms with van der Waals surface area (Å²) in [5.41, 5.74) is 5.24. The van der Waals surface area contributed by atoms with Gasteiger partial charge in [0.05, 0.1) is 4.92 Å². The van der Waals surface area contributed by atoms with Gasteiger partial charge in [-0.15, -0.1) is 10.2 Å². The number of carbonyl (C=O) groups is 2. The number of anilines is 1. The topological polar surface area (TPSA) is 157 Å². The fourth-order valence-electron chi connectivity index (χ4n) is 2.16. The van der Waals surface area contributed by atoms with Crippen molar-refractivity contribution in [3.63, 3.8) is 0 Å². The van der Waals surface area contributed by atoms with Crippen molar-refractivity contribution >= 4 is 23.3 Å². The SMILES string of the molecule is O=C(Cn1nnc(-c2cccc([N+](=O)[O-])c2)n1)NNC(=O)Nc1ccccc1. The van der Waals surface area contributed by atoms with Crippen LogP contribution >= 0.6 is 0 Å². The third kappa shape index (κ3) is 4.85. The molecule has 1 heterocycles. The molecule has 0 spiro atoms. The molecule has 0 radical (unpaired) electrons. The van der Waals surface area contributed by atoms with E-state index in [1.807, 2.05) is 0 Å². The number of nitro benzene ring substituents is 1. The second-order valence-electron chi connectivity index (χ2n) is 5.44. The average Bonchev–Trinajstić information content (AvgIpc) is 3.16. The van der Waals surface area contributed by atoms with Crippen LogP contribution in [0.4, 0.5) is 16.2 Å². The van der Waals surface area contributed by atoms with E-state index in [0.717, 1.165) is 4.80 Å². The number of amides is 3. The number of carbonyl (C=O) groups excluding carboxylic acids is 2. The molecule has 2 aromatic carbocycles. The molecule has 0 atom stereocenters. The van der Waals surface area contributed by atoms with Gasteiger partial charge in [-0.2, -0.15) is 4.80 Å². The second kappa shape index (κ2) is 8.35. The number of benzene rings is 2. The number of para-hydroxylation sites is 1. The minimum Gasteiger partial charge on any atom is -0.307 e. The van der Waals surface area contributed by atoms with Crippen molar-refractivity contribution in [2.45, 2.75) is 6.54 Å². The first kappa shape index (κ1) is 18.4. The lowest BCUT2D eigenvalue weighted by atomic mass is 10.2. The van der Waals surface area contributed by atoms with E-state index in [1.54, 1.807) is 36.4 Å². The van der Waals surface area contributed by atoms with Crippen LogP contribution in [0.2, 0.25) is 0 Å². The van der Waals surface area contributed by atoms with Crippen molar-refractivity contribution in [3.8, 4) is 11.4 Å². The van der Waals surface area contributed by atoms with Gasteiger partial charge in [0, 0.05) is 23.4 Å². The van der Waals surface area contributed by atoms with Crippen LogP contribution in [-0.4, -0.2) is 37.1 Å². The van der Waals surface area contributed by atoms with E-state index in [-0.39, 0.29) is 18.1 Å². The Kier molecular flexibility index (Phi) is 5.50. The van der Waals surface area contributed by atoms with Gasteiger partial charge in [0.15, 0.2) is 0 Å². The molecule has 12 nitrogen and oxygen atoms in total. The van der Waals surface area contributed by atoms with Crippen LogP contribution in [0.1, 0.15) is 0 Å². The Morgan fingerprint density at radius 2 is 1.86 bits per heavy atom. The largest absolute Gasteiger partial charge is 0.337 e. The van der Waals surface area contributed by atoms with Gasteiger partial charge >= 0.3 is 6.03 Å². The molecule has 3 rings (SSSR count). The number of hydrogen-bond acceptors (Lipinski definition) is 7. The molecule has 3 amide bonds. The van der Waals surface area contributed by atoms with E-state index in [2.05, 4.69) is 31.6 Å². The van der Waals surface area contributed by atoms with E-state index in [4.69, 9.17) is 0 Å². The molecule has 0 aliphatic heterocycles. The van der Waals surface area contributed by atoms with Crippen molar-refractivity contribution in [2.75, 3.05) is 5.32 Å². The molecule has 0 unspecified atom stereocenters. The summed E-state index contributed by atoms with van der Waals surface area (Å²) in [6, 6.07) is 13.8. The Morgan fingerprint density at radius 3 is 2.61 bits per heavy atom. The number of nitro groups is 1. The number of non-ortho nitro benzene ring substituents is 1. The maximum atomic E-state index is 11.9. The highest BCUT2D eigenvalue weighted by Crippen LogP contribution is 2.19. The molecular formula is C16H14N8O4. The molecule has 3 N–H and O–H groups in total. The predicted molar refractivity (Wildman–Crippen MR) is 96.6 cm³/mol. The zero-order chi connectivity index (χ0) is 19.9. The molecule has 142 valence electrons. The van der Waals surface area contributed by atoms with Crippen molar-refractivity contribution < 1.29 is 14.5 Å². The quantitative estimate of drug-likeness (QED) is 0.440. The van der Waals surface area contributed by atoms with Gasteiger partial charge in [-0.25, -0.2) is 10.2 Å². The maximum Gasteiger partial charge on any atom is 0.337 e. The van der Waals surface area contributed by atoms with Crippen LogP contribution in [0.15, 0.2) is 54.6 Å². The van der Waals surface area contributed by atoms with Gasteiger partial charge in [0.2, 0.25) is 5.82 Å². The first-order valence-corrected chi connectivity index (χ1v) is 7.95. The summed E-state index contributed by atoms with van der Waals surface area (Å²) < 4.78 is 0. The first-order valence-electron chi connectivity index (χ1n) is 7.95. The molecule has 0 fully saturated rings. The van der Waals surface area contributed by atoms with Crippen LogP contribution in [0.25, 0.3) is 11.4 Å². The normalized spacial score (nSPS) is 10.1. The smallest absolute Gasteiger partial charge is 0.307 e. The Balaban J connectivity index is 1.53. The number of urea groups is 1. The highest BCUT2D eigenvalue weighted by Gasteiger charge is 2.13. The maximum absolute atomic E-state index is 11.9. The lowest BCUT2D eigenvalue weighted by Gasteiger charge is -2.08. The molecule has 0 saturated carbocycles. The summed E-state index contributed by atoms with van der Waals surface area (Å²) in [6.07, 6.45) is 0. The number of hydrazine groups is 1. The monoisotopic (exact) mass is 382 g/mol. The van der Waals surface area contributed by atoms with Gasteiger partial charge in [0.25, 0.3) is 11.6 Å². The van der Waals surface area contributed by atoms with Gasteiger partial charge in [-0.05, 0) is 17.3 Å². The van der Waals surface area contributed by atoms with Crippen LogP contribution < -0.4 is 16.2 Å². The summed E-state index contributed by atoms with van der Waals surface area (Å²) >= 11 is 0. The number of aromatic nitrogens is 4. The Labute approximate surface area is 157 Å². The van der Waals surface area contributed by atoms with E-state index in [9.17, 15) is 19.7 Å². The summed E-state index contributed by atoms with van der Waals surface area (Å²) in [5.74, 6) is -0.461. The summed E-state index contributed by atoms with van der Waals surface area (Å²) in [6.45, 7) is -0.312. The molecule has 1 aromatic heterocycles. The van der Waals surface area contributed by atoms with Crippen molar-refractivity contribution in [3.05, 3.63) is 64.7 Å². The number of tetrazole rings is 1. The summed E-state index contributed by atoms with van der Waals surface area (Å²) in [5, 5.41) is 24.8. The van der Waals surface area contributed by atoms with E-state index in [0.29, 0.717) is 11.3 Å². The molecule has 0 aliphatic rings. The minimum atomic E-state index is -0.622. The average molecular weight is 382 g/mol. The van der Waals surface area contributed by atoms with E-state index < -0.39 is 16.9 Å². The predicted octanol–water partition coefficient (Wildman–Crippen LogP) is 1.10. The second-order valence-corrected chi connectivity index (χ2v) is 5.44. The molecule has 12 heteroatoms. The van der Waals surface area contributed by atoms with Gasteiger partial charge in [-0.1, -0.05) is 30.3 Å². The standard InChI is InChI=1S/C16H14N8O4/c25-14(18-20-16(26)17-12-6-2-1-3-7-12)10-23-21-15(19-22-23)11-5-4-8-13(9-11)24(27)28/h1-9H,10H2,(H,18,25)(H2,17,20,26). The zero-order valence-electron chi connectivity index (χ0n) is 14.3. The Hall–Kier alpha value is -4.35. The van der Waals surface area contributed by atoms with E-state index in [1.165, 1.54) is 18.2 Å². The van der Waals surface area contributed by atoms with Crippen molar-refractivity contribution in [1.29, 1.82) is 0 Å². The number of nitrogens with zero attached hydrogens (tertiary/aromatic N) is 5. The molecular weight excluding hydrogens is 368 g/mol. The van der Waals surface area contributed by atoms with E-state index >= 15 is 0 Å². The summed E-state index contributed by atoms with van der Waals surface area (Å²) in [4.78, 5) is 34.9. The van der Waals surface area contributed by atoms with Gasteiger partial charge in [-0.3, -0.25) is 20.3 Å². The summed E-state index contributed by atoms with van der Waals surface area (Å²) in [7, 11) is 0. The van der Waals surface area contributed by atoms with Crippen LogP contribution in [0, 0.1) is 10.1 Å². The third-order valence-corrected chi connectivity index (χ3v) is 3.40. The highest BCUT2D eigenvalue weighted by atomic mass is 16.6. The highest BCUT2D eigenvalue weighted by molar-refractivity contribution is 5.90. The number of nitrogens with one attached hydrogen (secondary N) is 3. The van der Waals surface area contributed by atoms with Crippen LogP contribution in [-0.2, 0) is 11.3 Å². The number of hydrogen-bond donors (Lipinski definition) is 3. The fraction of sp³-hybridized carbons (Fsp3) is 0.0625. The fourth-order valence-corrected chi connectivity index (χ4v) is 2.16. The lowest BCUT2D eigenvalue weighted by molar-refractivity contribution is -0.384. The van der Waals surface area contributed by atoms with Crippen LogP contribution in [0.3, 0.4) is 0 Å². The van der Waals surface area contributed by atoms with Gasteiger partial charge in [0.1, 0.15) is 6.54 Å².